The van der Waals surface area contributed by atoms with Crippen molar-refractivity contribution >= 4 is 29.3 Å². The number of aliphatic hydroxyl groups is 1. The molecule has 1 aromatic rings. The van der Waals surface area contributed by atoms with Gasteiger partial charge in [-0.2, -0.15) is 0 Å². The van der Waals surface area contributed by atoms with Crippen molar-refractivity contribution in [3.63, 3.8) is 0 Å². The third-order valence-electron chi connectivity index (χ3n) is 4.68. The fourth-order valence-electron chi connectivity index (χ4n) is 3.25. The number of nitrogens with one attached hydrogen (secondary N) is 1. The number of hydrogen-bond donors (Lipinski definition) is 2. The average Bonchev–Trinajstić information content (AvgIpc) is 2.90. The van der Waals surface area contributed by atoms with Crippen LogP contribution in [0.5, 0.6) is 0 Å². The second-order valence-corrected chi connectivity index (χ2v) is 6.79. The van der Waals surface area contributed by atoms with E-state index in [1.165, 1.54) is 11.8 Å². The fourth-order valence-corrected chi connectivity index (χ4v) is 3.25. The molecule has 0 aromatic heterocycles. The van der Waals surface area contributed by atoms with Gasteiger partial charge in [0, 0.05) is 32.1 Å². The molecule has 2 N–H and O–H groups in total. The lowest BCUT2D eigenvalue weighted by molar-refractivity contribution is -0.184. The maximum absolute atomic E-state index is 14.8. The molecule has 2 aliphatic heterocycles. The number of halogens is 2. The Morgan fingerprint density at radius 1 is 1.23 bits per heavy atom. The molecule has 10 nitrogen and oxygen atoms in total. The monoisotopic (exact) mass is 428 g/mol. The van der Waals surface area contributed by atoms with Crippen molar-refractivity contribution in [3.8, 4) is 0 Å². The lowest BCUT2D eigenvalue weighted by atomic mass is 10.2. The van der Waals surface area contributed by atoms with Crippen molar-refractivity contribution < 1.29 is 37.8 Å². The van der Waals surface area contributed by atoms with Crippen LogP contribution in [0.25, 0.3) is 0 Å². The molecule has 3 amide bonds. The molecule has 0 unspecified atom stereocenters. The summed E-state index contributed by atoms with van der Waals surface area (Å²) in [7, 11) is 0. The zero-order chi connectivity index (χ0) is 21.8. The van der Waals surface area contributed by atoms with E-state index < -0.39 is 36.3 Å². The molecule has 2 heterocycles. The molecule has 12 heteroatoms. The van der Waals surface area contributed by atoms with Gasteiger partial charge in [0.15, 0.2) is 11.6 Å². The van der Waals surface area contributed by atoms with Gasteiger partial charge in [-0.05, 0) is 0 Å². The Hall–Kier alpha value is -2.99. The molecule has 1 atom stereocenters. The van der Waals surface area contributed by atoms with Gasteiger partial charge in [-0.25, -0.2) is 18.6 Å². The Morgan fingerprint density at radius 2 is 1.93 bits per heavy atom. The summed E-state index contributed by atoms with van der Waals surface area (Å²) >= 11 is 0. The van der Waals surface area contributed by atoms with Crippen LogP contribution in [0.2, 0.25) is 0 Å². The first-order valence-electron chi connectivity index (χ1n) is 9.31. The van der Waals surface area contributed by atoms with Crippen LogP contribution in [-0.2, 0) is 19.2 Å². The van der Waals surface area contributed by atoms with Gasteiger partial charge in [-0.3, -0.25) is 19.3 Å². The van der Waals surface area contributed by atoms with E-state index in [9.17, 15) is 23.2 Å². The van der Waals surface area contributed by atoms with Gasteiger partial charge in [0.25, 0.3) is 5.91 Å². The first-order valence-corrected chi connectivity index (χ1v) is 9.31. The first kappa shape index (κ1) is 21.7. The van der Waals surface area contributed by atoms with E-state index in [-0.39, 0.29) is 56.6 Å². The van der Waals surface area contributed by atoms with E-state index >= 15 is 0 Å². The van der Waals surface area contributed by atoms with Crippen molar-refractivity contribution in [2.45, 2.75) is 13.0 Å². The van der Waals surface area contributed by atoms with Gasteiger partial charge < -0.3 is 20.1 Å². The van der Waals surface area contributed by atoms with Crippen molar-refractivity contribution in [3.05, 3.63) is 23.8 Å². The van der Waals surface area contributed by atoms with Crippen LogP contribution in [0.15, 0.2) is 12.1 Å². The lowest BCUT2D eigenvalue weighted by Crippen LogP contribution is -2.36. The first-order chi connectivity index (χ1) is 14.3. The number of cyclic esters (lactones) is 1. The minimum atomic E-state index is -0.884. The molecule has 0 aliphatic carbocycles. The molecule has 30 heavy (non-hydrogen) atoms. The smallest absolute Gasteiger partial charge is 0.414 e. The third kappa shape index (κ3) is 4.76. The number of aliphatic hydroxyl groups excluding tert-OH is 1. The summed E-state index contributed by atoms with van der Waals surface area (Å²) in [5.74, 6) is -2.70. The second kappa shape index (κ2) is 9.22. The quantitative estimate of drug-likeness (QED) is 0.679. The van der Waals surface area contributed by atoms with E-state index in [4.69, 9.17) is 14.7 Å². The summed E-state index contributed by atoms with van der Waals surface area (Å²) in [6.45, 7) is 0.942. The highest BCUT2D eigenvalue weighted by molar-refractivity contribution is 5.90. The van der Waals surface area contributed by atoms with Gasteiger partial charge in [0.05, 0.1) is 31.9 Å². The highest BCUT2D eigenvalue weighted by Gasteiger charge is 2.34. The molecule has 2 fully saturated rings. The van der Waals surface area contributed by atoms with Gasteiger partial charge in [-0.1, -0.05) is 0 Å². The van der Waals surface area contributed by atoms with E-state index in [0.717, 1.165) is 22.1 Å². The van der Waals surface area contributed by atoms with E-state index in [1.54, 1.807) is 0 Å². The SMILES string of the molecule is CC(=O)NC[C@H]1CN(c2cc(F)c(N3CCON(C(=O)CO)CC3)c(F)c2)C(=O)O1. The summed E-state index contributed by atoms with van der Waals surface area (Å²) in [6.07, 6.45) is -1.40. The highest BCUT2D eigenvalue weighted by Crippen LogP contribution is 2.31. The lowest BCUT2D eigenvalue weighted by Gasteiger charge is -2.24. The topological polar surface area (TPSA) is 112 Å². The molecule has 1 aromatic carbocycles. The highest BCUT2D eigenvalue weighted by atomic mass is 19.1. The predicted octanol–water partition coefficient (Wildman–Crippen LogP) is -0.00140. The molecule has 2 aliphatic rings. The Bertz CT molecular complexity index is 816. The summed E-state index contributed by atoms with van der Waals surface area (Å²) in [5, 5.41) is 12.4. The van der Waals surface area contributed by atoms with Crippen LogP contribution < -0.4 is 15.1 Å². The van der Waals surface area contributed by atoms with Crippen LogP contribution >= 0.6 is 0 Å². The fraction of sp³-hybridized carbons (Fsp3) is 0.500. The number of hydrogen-bond acceptors (Lipinski definition) is 7. The molecule has 0 saturated carbocycles. The number of anilines is 2. The summed E-state index contributed by atoms with van der Waals surface area (Å²) in [4.78, 5) is 42.3. The van der Waals surface area contributed by atoms with Gasteiger partial charge in [0.1, 0.15) is 18.4 Å². The van der Waals surface area contributed by atoms with Gasteiger partial charge in [-0.15, -0.1) is 0 Å². The van der Waals surface area contributed by atoms with E-state index in [0.29, 0.717) is 0 Å². The molecular formula is C18H22F2N4O6. The molecule has 0 spiro atoms. The Morgan fingerprint density at radius 3 is 2.57 bits per heavy atom. The largest absolute Gasteiger partial charge is 0.442 e. The van der Waals surface area contributed by atoms with Crippen molar-refractivity contribution in [1.29, 1.82) is 0 Å². The average molecular weight is 428 g/mol. The minimum absolute atomic E-state index is 0.00431. The number of ether oxygens (including phenoxy) is 1. The van der Waals surface area contributed by atoms with Gasteiger partial charge >= 0.3 is 6.09 Å². The number of rotatable bonds is 5. The minimum Gasteiger partial charge on any atom is -0.442 e. The molecule has 3 rings (SSSR count). The number of hydroxylamine groups is 2. The molecule has 0 radical (unpaired) electrons. The summed E-state index contributed by atoms with van der Waals surface area (Å²) < 4.78 is 34.7. The van der Waals surface area contributed by atoms with Crippen LogP contribution in [0, 0.1) is 11.6 Å². The van der Waals surface area contributed by atoms with Gasteiger partial charge in [0.2, 0.25) is 5.91 Å². The molecular weight excluding hydrogens is 406 g/mol. The number of amides is 3. The molecule has 0 bridgehead atoms. The number of carbonyl (C=O) groups excluding carboxylic acids is 3. The van der Waals surface area contributed by atoms with Crippen molar-refractivity contribution in [1.82, 2.24) is 10.4 Å². The van der Waals surface area contributed by atoms with Crippen LogP contribution in [-0.4, -0.2) is 80.1 Å². The zero-order valence-electron chi connectivity index (χ0n) is 16.3. The second-order valence-electron chi connectivity index (χ2n) is 6.79. The number of nitrogens with zero attached hydrogens (tertiary/aromatic N) is 3. The number of carbonyl (C=O) groups is 3. The maximum atomic E-state index is 14.8. The van der Waals surface area contributed by atoms with E-state index in [1.807, 2.05) is 0 Å². The summed E-state index contributed by atoms with van der Waals surface area (Å²) in [5.41, 5.74) is -0.310. The third-order valence-corrected chi connectivity index (χ3v) is 4.68. The molecule has 2 saturated heterocycles. The predicted molar refractivity (Wildman–Crippen MR) is 99.6 cm³/mol. The zero-order valence-corrected chi connectivity index (χ0v) is 16.3. The van der Waals surface area contributed by atoms with E-state index in [2.05, 4.69) is 5.32 Å². The Kier molecular flexibility index (Phi) is 6.67. The van der Waals surface area contributed by atoms with Crippen molar-refractivity contribution in [2.75, 3.05) is 55.7 Å². The summed E-state index contributed by atoms with van der Waals surface area (Å²) in [6, 6.07) is 2.06. The van der Waals surface area contributed by atoms with Crippen LogP contribution in [0.3, 0.4) is 0 Å². The maximum Gasteiger partial charge on any atom is 0.414 e. The van der Waals surface area contributed by atoms with Crippen molar-refractivity contribution in [2.24, 2.45) is 0 Å². The normalized spacial score (nSPS) is 19.5. The molecule has 164 valence electrons. The van der Waals surface area contributed by atoms with Crippen LogP contribution in [0.1, 0.15) is 6.92 Å². The van der Waals surface area contributed by atoms with Crippen LogP contribution in [0.4, 0.5) is 25.0 Å². The standard InChI is InChI=1S/C18H22F2N4O6/c1-11(26)21-8-13-9-23(18(28)30-13)12-6-14(19)17(15(20)7-12)22-2-3-24(16(27)10-25)29-5-4-22/h6-7,13,25H,2-5,8-10H2,1H3,(H,21,26)/t13-/m0/s1. The Labute approximate surface area is 170 Å². The number of benzene rings is 1. The Balaban J connectivity index is 1.73.